The maximum Gasteiger partial charge on any atom is 0.00962 e. The monoisotopic (exact) mass is 280 g/mol. The van der Waals surface area contributed by atoms with Gasteiger partial charge >= 0.3 is 0 Å². The Labute approximate surface area is 126 Å². The second-order valence-electron chi connectivity index (χ2n) is 8.46. The van der Waals surface area contributed by atoms with Crippen molar-refractivity contribution in [2.24, 2.45) is 17.1 Å². The highest BCUT2D eigenvalue weighted by Crippen LogP contribution is 2.38. The molecule has 2 N–H and O–H groups in total. The van der Waals surface area contributed by atoms with Crippen molar-refractivity contribution in [2.75, 3.05) is 7.05 Å². The lowest BCUT2D eigenvalue weighted by atomic mass is 9.76. The van der Waals surface area contributed by atoms with Crippen LogP contribution in [0.2, 0.25) is 0 Å². The minimum Gasteiger partial charge on any atom is -0.328 e. The lowest BCUT2D eigenvalue weighted by Crippen LogP contribution is -2.44. The van der Waals surface area contributed by atoms with Crippen LogP contribution in [-0.2, 0) is 0 Å². The summed E-state index contributed by atoms with van der Waals surface area (Å²) in [6.45, 7) is 7.26. The number of nitrogens with two attached hydrogens (primary N) is 1. The van der Waals surface area contributed by atoms with Gasteiger partial charge in [0, 0.05) is 18.1 Å². The van der Waals surface area contributed by atoms with Crippen molar-refractivity contribution in [2.45, 2.75) is 96.7 Å². The van der Waals surface area contributed by atoms with Crippen LogP contribution in [0.1, 0.15) is 78.6 Å². The summed E-state index contributed by atoms with van der Waals surface area (Å²) in [5, 5.41) is 0. The van der Waals surface area contributed by atoms with Crippen LogP contribution in [0.25, 0.3) is 0 Å². The molecule has 2 saturated carbocycles. The summed E-state index contributed by atoms with van der Waals surface area (Å²) in [5.41, 5.74) is 6.54. The van der Waals surface area contributed by atoms with Crippen LogP contribution >= 0.6 is 0 Å². The Bertz CT molecular complexity index is 286. The molecule has 0 aromatic rings. The van der Waals surface area contributed by atoms with Crippen LogP contribution in [-0.4, -0.2) is 30.1 Å². The molecule has 2 atom stereocenters. The van der Waals surface area contributed by atoms with Gasteiger partial charge in [0.2, 0.25) is 0 Å². The molecule has 0 aliphatic heterocycles. The Kier molecular flexibility index (Phi) is 5.53. The van der Waals surface area contributed by atoms with E-state index in [0.29, 0.717) is 11.5 Å². The van der Waals surface area contributed by atoms with Crippen molar-refractivity contribution in [3.8, 4) is 0 Å². The fourth-order valence-electron chi connectivity index (χ4n) is 4.36. The van der Waals surface area contributed by atoms with Crippen molar-refractivity contribution >= 4 is 0 Å². The summed E-state index contributed by atoms with van der Waals surface area (Å²) in [7, 11) is 2.38. The minimum atomic E-state index is 0.471. The smallest absolute Gasteiger partial charge is 0.00962 e. The first kappa shape index (κ1) is 16.3. The maximum atomic E-state index is 6.05. The van der Waals surface area contributed by atoms with Gasteiger partial charge in [-0.25, -0.2) is 0 Å². The summed E-state index contributed by atoms with van der Waals surface area (Å²) in [4.78, 5) is 2.72. The molecule has 0 heterocycles. The number of hydrogen-bond donors (Lipinski definition) is 1. The van der Waals surface area contributed by atoms with E-state index < -0.39 is 0 Å². The summed E-state index contributed by atoms with van der Waals surface area (Å²) in [5.74, 6) is 0.917. The first-order chi connectivity index (χ1) is 9.38. The van der Waals surface area contributed by atoms with Crippen molar-refractivity contribution < 1.29 is 0 Å². The van der Waals surface area contributed by atoms with Gasteiger partial charge in [0.1, 0.15) is 0 Å². The third kappa shape index (κ3) is 4.21. The highest BCUT2D eigenvalue weighted by molar-refractivity contribution is 4.86. The molecule has 0 saturated heterocycles. The predicted molar refractivity (Wildman–Crippen MR) is 87.8 cm³/mol. The van der Waals surface area contributed by atoms with E-state index in [9.17, 15) is 0 Å². The summed E-state index contributed by atoms with van der Waals surface area (Å²) in [6.07, 6.45) is 12.2. The van der Waals surface area contributed by atoms with Crippen LogP contribution < -0.4 is 5.73 Å². The molecule has 2 fully saturated rings. The van der Waals surface area contributed by atoms with Gasteiger partial charge in [0.05, 0.1) is 0 Å². The molecule has 118 valence electrons. The molecule has 2 aliphatic rings. The van der Waals surface area contributed by atoms with Crippen LogP contribution in [0.4, 0.5) is 0 Å². The van der Waals surface area contributed by atoms with Crippen LogP contribution in [0.3, 0.4) is 0 Å². The average Bonchev–Trinajstić information content (AvgIpc) is 2.64. The SMILES string of the molecule is CN(C1CCC(N)CC1)C1CCCC(C(C)(C)C)CC1. The largest absolute Gasteiger partial charge is 0.328 e. The van der Waals surface area contributed by atoms with E-state index in [1.165, 1.54) is 57.8 Å². The maximum absolute atomic E-state index is 6.05. The van der Waals surface area contributed by atoms with E-state index in [1.54, 1.807) is 0 Å². The van der Waals surface area contributed by atoms with Gasteiger partial charge in [0.25, 0.3) is 0 Å². The second-order valence-corrected chi connectivity index (χ2v) is 8.46. The Morgan fingerprint density at radius 1 is 0.800 bits per heavy atom. The Morgan fingerprint density at radius 3 is 1.95 bits per heavy atom. The quantitative estimate of drug-likeness (QED) is 0.769. The van der Waals surface area contributed by atoms with Crippen molar-refractivity contribution in [1.82, 2.24) is 4.90 Å². The second kappa shape index (κ2) is 6.79. The summed E-state index contributed by atoms with van der Waals surface area (Å²) < 4.78 is 0. The first-order valence-corrected chi connectivity index (χ1v) is 8.85. The van der Waals surface area contributed by atoms with E-state index in [2.05, 4.69) is 32.7 Å². The highest BCUT2D eigenvalue weighted by Gasteiger charge is 2.31. The van der Waals surface area contributed by atoms with Crippen molar-refractivity contribution in [3.05, 3.63) is 0 Å². The molecule has 0 aromatic carbocycles. The van der Waals surface area contributed by atoms with Gasteiger partial charge < -0.3 is 10.6 Å². The van der Waals surface area contributed by atoms with Gasteiger partial charge in [-0.15, -0.1) is 0 Å². The number of hydrogen-bond acceptors (Lipinski definition) is 2. The molecule has 0 aromatic heterocycles. The Morgan fingerprint density at radius 2 is 1.35 bits per heavy atom. The zero-order valence-corrected chi connectivity index (χ0v) is 14.2. The van der Waals surface area contributed by atoms with Crippen LogP contribution in [0, 0.1) is 11.3 Å². The Hall–Kier alpha value is -0.0800. The van der Waals surface area contributed by atoms with E-state index in [-0.39, 0.29) is 0 Å². The topological polar surface area (TPSA) is 29.3 Å². The molecule has 0 spiro atoms. The zero-order chi connectivity index (χ0) is 14.8. The average molecular weight is 281 g/mol. The fraction of sp³-hybridized carbons (Fsp3) is 1.00. The highest BCUT2D eigenvalue weighted by atomic mass is 15.2. The number of rotatable bonds is 2. The minimum absolute atomic E-state index is 0.471. The first-order valence-electron chi connectivity index (χ1n) is 8.85. The van der Waals surface area contributed by atoms with E-state index in [1.807, 2.05) is 0 Å². The molecule has 0 radical (unpaired) electrons. The lowest BCUT2D eigenvalue weighted by molar-refractivity contribution is 0.118. The zero-order valence-electron chi connectivity index (χ0n) is 14.2. The van der Waals surface area contributed by atoms with E-state index in [0.717, 1.165) is 18.0 Å². The van der Waals surface area contributed by atoms with Gasteiger partial charge in [0.15, 0.2) is 0 Å². The van der Waals surface area contributed by atoms with Crippen molar-refractivity contribution in [3.63, 3.8) is 0 Å². The van der Waals surface area contributed by atoms with E-state index >= 15 is 0 Å². The third-order valence-electron chi connectivity index (χ3n) is 6.06. The molecule has 20 heavy (non-hydrogen) atoms. The summed E-state index contributed by atoms with van der Waals surface area (Å²) in [6, 6.07) is 2.09. The normalized spacial score (nSPS) is 36.9. The van der Waals surface area contributed by atoms with Gasteiger partial charge in [-0.1, -0.05) is 27.2 Å². The fourth-order valence-corrected chi connectivity index (χ4v) is 4.36. The molecule has 2 unspecified atom stereocenters. The molecule has 2 heteroatoms. The van der Waals surface area contributed by atoms with Crippen LogP contribution in [0.5, 0.6) is 0 Å². The molecule has 2 rings (SSSR count). The van der Waals surface area contributed by atoms with Crippen molar-refractivity contribution in [1.29, 1.82) is 0 Å². The predicted octanol–water partition coefficient (Wildman–Crippen LogP) is 4.18. The molecule has 2 aliphatic carbocycles. The summed E-state index contributed by atoms with van der Waals surface area (Å²) >= 11 is 0. The van der Waals surface area contributed by atoms with Crippen LogP contribution in [0.15, 0.2) is 0 Å². The third-order valence-corrected chi connectivity index (χ3v) is 6.06. The lowest BCUT2D eigenvalue weighted by Gasteiger charge is -2.38. The van der Waals surface area contributed by atoms with Gasteiger partial charge in [-0.3, -0.25) is 0 Å². The molecular formula is C18H36N2. The van der Waals surface area contributed by atoms with Gasteiger partial charge in [-0.05, 0) is 69.7 Å². The molecule has 0 amide bonds. The Balaban J connectivity index is 1.86. The number of nitrogens with zero attached hydrogens (tertiary/aromatic N) is 1. The molecule has 0 bridgehead atoms. The standard InChI is InChI=1S/C18H36N2/c1-18(2,3)14-6-5-7-16(11-8-14)20(4)17-12-9-15(19)10-13-17/h14-17H,5-13,19H2,1-4H3. The molecule has 2 nitrogen and oxygen atoms in total. The van der Waals surface area contributed by atoms with Gasteiger partial charge in [-0.2, -0.15) is 0 Å². The molecular weight excluding hydrogens is 244 g/mol. The van der Waals surface area contributed by atoms with E-state index in [4.69, 9.17) is 5.73 Å².